The summed E-state index contributed by atoms with van der Waals surface area (Å²) in [4.78, 5) is 13.4. The summed E-state index contributed by atoms with van der Waals surface area (Å²) in [6.45, 7) is 2.09. The lowest BCUT2D eigenvalue weighted by molar-refractivity contribution is -0.127. The van der Waals surface area contributed by atoms with Gasteiger partial charge in [0.1, 0.15) is 0 Å². The minimum atomic E-state index is -0.417. The van der Waals surface area contributed by atoms with Crippen LogP contribution in [-0.2, 0) is 4.79 Å². The lowest BCUT2D eigenvalue weighted by atomic mass is 9.92. The SMILES string of the molecule is CC1C(CCC(O)c2ccccc2)CC(=O)N1C. The van der Waals surface area contributed by atoms with Crippen LogP contribution in [0.15, 0.2) is 30.3 Å². The second kappa shape index (κ2) is 5.53. The van der Waals surface area contributed by atoms with Crippen LogP contribution in [0.5, 0.6) is 0 Å². The Morgan fingerprint density at radius 1 is 1.39 bits per heavy atom. The van der Waals surface area contributed by atoms with E-state index in [0.717, 1.165) is 18.4 Å². The summed E-state index contributed by atoms with van der Waals surface area (Å²) in [5.74, 6) is 0.600. The van der Waals surface area contributed by atoms with Gasteiger partial charge in [-0.3, -0.25) is 4.79 Å². The van der Waals surface area contributed by atoms with Crippen LogP contribution in [-0.4, -0.2) is 29.0 Å². The Morgan fingerprint density at radius 2 is 2.06 bits per heavy atom. The molecule has 1 fully saturated rings. The van der Waals surface area contributed by atoms with Gasteiger partial charge in [0.15, 0.2) is 0 Å². The summed E-state index contributed by atoms with van der Waals surface area (Å²) < 4.78 is 0. The average molecular weight is 247 g/mol. The van der Waals surface area contributed by atoms with Gasteiger partial charge < -0.3 is 10.0 Å². The van der Waals surface area contributed by atoms with Crippen molar-refractivity contribution >= 4 is 5.91 Å². The number of benzene rings is 1. The molecule has 0 aliphatic carbocycles. The van der Waals surface area contributed by atoms with E-state index in [-0.39, 0.29) is 5.91 Å². The van der Waals surface area contributed by atoms with Gasteiger partial charge in [-0.25, -0.2) is 0 Å². The summed E-state index contributed by atoms with van der Waals surface area (Å²) >= 11 is 0. The van der Waals surface area contributed by atoms with Crippen molar-refractivity contribution in [3.8, 4) is 0 Å². The molecule has 98 valence electrons. The molecule has 0 bridgehead atoms. The van der Waals surface area contributed by atoms with E-state index >= 15 is 0 Å². The number of nitrogens with zero attached hydrogens (tertiary/aromatic N) is 1. The predicted octanol–water partition coefficient (Wildman–Crippen LogP) is 2.37. The molecule has 0 spiro atoms. The highest BCUT2D eigenvalue weighted by Gasteiger charge is 2.33. The van der Waals surface area contributed by atoms with Crippen LogP contribution in [0, 0.1) is 5.92 Å². The third-order valence-electron chi connectivity index (χ3n) is 4.12. The van der Waals surface area contributed by atoms with E-state index in [1.54, 1.807) is 0 Å². The van der Waals surface area contributed by atoms with Crippen molar-refractivity contribution in [2.24, 2.45) is 5.92 Å². The van der Waals surface area contributed by atoms with Crippen LogP contribution >= 0.6 is 0 Å². The Kier molecular flexibility index (Phi) is 4.02. The highest BCUT2D eigenvalue weighted by Crippen LogP contribution is 2.30. The average Bonchev–Trinajstić information content (AvgIpc) is 2.64. The molecule has 0 aromatic heterocycles. The number of amides is 1. The molecule has 1 aliphatic rings. The monoisotopic (exact) mass is 247 g/mol. The zero-order valence-corrected chi connectivity index (χ0v) is 11.0. The first-order valence-corrected chi connectivity index (χ1v) is 6.58. The molecule has 1 saturated heterocycles. The predicted molar refractivity (Wildman–Crippen MR) is 71.0 cm³/mol. The van der Waals surface area contributed by atoms with Crippen LogP contribution in [0.2, 0.25) is 0 Å². The van der Waals surface area contributed by atoms with Crippen LogP contribution in [0.4, 0.5) is 0 Å². The molecule has 3 nitrogen and oxygen atoms in total. The number of aliphatic hydroxyl groups excluding tert-OH is 1. The normalized spacial score (nSPS) is 25.5. The molecule has 1 aliphatic heterocycles. The standard InChI is InChI=1S/C15H21NO2/c1-11-13(10-15(18)16(11)2)8-9-14(17)12-6-4-3-5-7-12/h3-7,11,13-14,17H,8-10H2,1-2H3. The molecule has 0 radical (unpaired) electrons. The maximum Gasteiger partial charge on any atom is 0.222 e. The minimum Gasteiger partial charge on any atom is -0.388 e. The largest absolute Gasteiger partial charge is 0.388 e. The Morgan fingerprint density at radius 3 is 2.61 bits per heavy atom. The molecule has 0 saturated carbocycles. The smallest absolute Gasteiger partial charge is 0.222 e. The van der Waals surface area contributed by atoms with Gasteiger partial charge in [-0.1, -0.05) is 30.3 Å². The van der Waals surface area contributed by atoms with Crippen molar-refractivity contribution in [1.29, 1.82) is 0 Å². The first kappa shape index (κ1) is 13.1. The van der Waals surface area contributed by atoms with E-state index < -0.39 is 6.10 Å². The van der Waals surface area contributed by atoms with Crippen molar-refractivity contribution in [3.05, 3.63) is 35.9 Å². The molecule has 3 unspecified atom stereocenters. The Labute approximate surface area is 108 Å². The summed E-state index contributed by atoms with van der Waals surface area (Å²) in [6.07, 6.45) is 1.83. The van der Waals surface area contributed by atoms with E-state index in [2.05, 4.69) is 6.92 Å². The molecule has 1 aromatic carbocycles. The van der Waals surface area contributed by atoms with Gasteiger partial charge in [0.05, 0.1) is 6.10 Å². The number of rotatable bonds is 4. The molecule has 3 atom stereocenters. The quantitative estimate of drug-likeness (QED) is 0.887. The molecule has 1 aromatic rings. The Hall–Kier alpha value is -1.35. The van der Waals surface area contributed by atoms with Crippen LogP contribution in [0.1, 0.15) is 37.9 Å². The summed E-state index contributed by atoms with van der Waals surface area (Å²) in [6, 6.07) is 10.0. The molecule has 3 heteroatoms. The molecular weight excluding hydrogens is 226 g/mol. The summed E-state index contributed by atoms with van der Waals surface area (Å²) in [5.41, 5.74) is 0.961. The van der Waals surface area contributed by atoms with Crippen molar-refractivity contribution < 1.29 is 9.90 Å². The van der Waals surface area contributed by atoms with Gasteiger partial charge in [-0.05, 0) is 31.2 Å². The van der Waals surface area contributed by atoms with E-state index in [1.165, 1.54) is 0 Å². The zero-order valence-electron chi connectivity index (χ0n) is 11.0. The molecule has 1 heterocycles. The van der Waals surface area contributed by atoms with Crippen molar-refractivity contribution in [2.45, 2.75) is 38.3 Å². The van der Waals surface area contributed by atoms with Gasteiger partial charge in [-0.2, -0.15) is 0 Å². The van der Waals surface area contributed by atoms with Crippen LogP contribution < -0.4 is 0 Å². The van der Waals surface area contributed by atoms with Crippen LogP contribution in [0.3, 0.4) is 0 Å². The number of carbonyl (C=O) groups excluding carboxylic acids is 1. The van der Waals surface area contributed by atoms with E-state index in [1.807, 2.05) is 42.3 Å². The highest BCUT2D eigenvalue weighted by molar-refractivity contribution is 5.78. The van der Waals surface area contributed by atoms with Gasteiger partial charge in [-0.15, -0.1) is 0 Å². The Balaban J connectivity index is 1.87. The number of carbonyl (C=O) groups is 1. The number of aliphatic hydroxyl groups is 1. The van der Waals surface area contributed by atoms with Gasteiger partial charge in [0, 0.05) is 19.5 Å². The van der Waals surface area contributed by atoms with Crippen molar-refractivity contribution in [2.75, 3.05) is 7.05 Å². The Bertz CT molecular complexity index is 404. The molecular formula is C15H21NO2. The fraction of sp³-hybridized carbons (Fsp3) is 0.533. The third kappa shape index (κ3) is 2.72. The lowest BCUT2D eigenvalue weighted by Gasteiger charge is -2.21. The van der Waals surface area contributed by atoms with E-state index in [0.29, 0.717) is 18.4 Å². The van der Waals surface area contributed by atoms with Gasteiger partial charge >= 0.3 is 0 Å². The second-order valence-corrected chi connectivity index (χ2v) is 5.21. The number of hydrogen-bond donors (Lipinski definition) is 1. The fourth-order valence-corrected chi connectivity index (χ4v) is 2.64. The molecule has 2 rings (SSSR count). The van der Waals surface area contributed by atoms with Gasteiger partial charge in [0.2, 0.25) is 5.91 Å². The molecule has 18 heavy (non-hydrogen) atoms. The maximum atomic E-state index is 11.6. The molecule has 1 amide bonds. The number of hydrogen-bond acceptors (Lipinski definition) is 2. The van der Waals surface area contributed by atoms with E-state index in [9.17, 15) is 9.90 Å². The maximum absolute atomic E-state index is 11.6. The highest BCUT2D eigenvalue weighted by atomic mass is 16.3. The van der Waals surface area contributed by atoms with Crippen molar-refractivity contribution in [3.63, 3.8) is 0 Å². The van der Waals surface area contributed by atoms with Crippen molar-refractivity contribution in [1.82, 2.24) is 4.90 Å². The first-order valence-electron chi connectivity index (χ1n) is 6.58. The number of likely N-dealkylation sites (tertiary alicyclic amines) is 1. The summed E-state index contributed by atoms with van der Waals surface area (Å²) in [7, 11) is 1.86. The van der Waals surface area contributed by atoms with Gasteiger partial charge in [0.25, 0.3) is 0 Å². The first-order chi connectivity index (χ1) is 8.59. The topological polar surface area (TPSA) is 40.5 Å². The second-order valence-electron chi connectivity index (χ2n) is 5.21. The van der Waals surface area contributed by atoms with E-state index in [4.69, 9.17) is 0 Å². The minimum absolute atomic E-state index is 0.224. The summed E-state index contributed by atoms with van der Waals surface area (Å²) in [5, 5.41) is 10.1. The third-order valence-corrected chi connectivity index (χ3v) is 4.12. The lowest BCUT2D eigenvalue weighted by Crippen LogP contribution is -2.28. The fourth-order valence-electron chi connectivity index (χ4n) is 2.64. The zero-order chi connectivity index (χ0) is 13.1. The molecule has 1 N–H and O–H groups in total. The van der Waals surface area contributed by atoms with Crippen LogP contribution in [0.25, 0.3) is 0 Å².